The van der Waals surface area contributed by atoms with E-state index in [4.69, 9.17) is 4.74 Å². The molecule has 1 aromatic carbocycles. The van der Waals surface area contributed by atoms with Crippen LogP contribution < -0.4 is 0 Å². The number of benzene rings is 1. The number of hydrogen-bond donors (Lipinski definition) is 1. The van der Waals surface area contributed by atoms with Gasteiger partial charge in [-0.05, 0) is 18.1 Å². The molecule has 1 fully saturated rings. The van der Waals surface area contributed by atoms with Gasteiger partial charge in [-0.2, -0.15) is 13.2 Å². The molecule has 0 saturated carbocycles. The van der Waals surface area contributed by atoms with Crippen LogP contribution in [0.15, 0.2) is 24.3 Å². The van der Waals surface area contributed by atoms with Crippen molar-refractivity contribution in [3.8, 4) is 0 Å². The first-order chi connectivity index (χ1) is 9.88. The second-order valence-electron chi connectivity index (χ2n) is 4.90. The molecule has 0 amide bonds. The molecule has 0 bridgehead atoms. The molecule has 1 aliphatic heterocycles. The number of hydrogen-bond acceptors (Lipinski definition) is 3. The van der Waals surface area contributed by atoms with Crippen molar-refractivity contribution in [2.45, 2.75) is 18.6 Å². The maximum Gasteiger partial charge on any atom is 0.416 e. The lowest BCUT2D eigenvalue weighted by atomic mass is 10.0. The van der Waals surface area contributed by atoms with E-state index in [1.807, 2.05) is 0 Å². The van der Waals surface area contributed by atoms with Gasteiger partial charge in [-0.15, -0.1) is 0 Å². The van der Waals surface area contributed by atoms with Gasteiger partial charge in [0, 0.05) is 13.1 Å². The van der Waals surface area contributed by atoms with Crippen molar-refractivity contribution in [2.75, 3.05) is 26.3 Å². The zero-order valence-electron chi connectivity index (χ0n) is 11.3. The van der Waals surface area contributed by atoms with Crippen LogP contribution in [0.1, 0.15) is 11.1 Å². The minimum Gasteiger partial charge on any atom is -0.480 e. The summed E-state index contributed by atoms with van der Waals surface area (Å²) in [7, 11) is 0. The molecule has 1 N–H and O–H groups in total. The number of carboxylic acid groups (broad SMARTS) is 1. The van der Waals surface area contributed by atoms with Crippen LogP contribution in [0.25, 0.3) is 0 Å². The fourth-order valence-electron chi connectivity index (χ4n) is 2.36. The van der Waals surface area contributed by atoms with E-state index >= 15 is 0 Å². The second-order valence-corrected chi connectivity index (χ2v) is 4.90. The van der Waals surface area contributed by atoms with Gasteiger partial charge in [0.25, 0.3) is 0 Å². The Hall–Kier alpha value is -1.60. The first kappa shape index (κ1) is 15.8. The molecular weight excluding hydrogens is 287 g/mol. The molecule has 1 aromatic rings. The minimum absolute atomic E-state index is 0.0409. The Balaban J connectivity index is 2.15. The van der Waals surface area contributed by atoms with Crippen LogP contribution in [-0.2, 0) is 22.1 Å². The number of aliphatic carboxylic acids is 1. The van der Waals surface area contributed by atoms with E-state index < -0.39 is 23.8 Å². The first-order valence-corrected chi connectivity index (χ1v) is 6.58. The smallest absolute Gasteiger partial charge is 0.416 e. The Labute approximate surface area is 120 Å². The SMILES string of the molecule is O=C(O)[C@@H](Cc1cccc(C(F)(F)F)c1)N1CCOCC1. The summed E-state index contributed by atoms with van der Waals surface area (Å²) in [6.07, 6.45) is -4.38. The fraction of sp³-hybridized carbons (Fsp3) is 0.500. The molecule has 7 heteroatoms. The molecule has 0 aromatic heterocycles. The number of carboxylic acids is 1. The standard InChI is InChI=1S/C14H16F3NO3/c15-14(16,17)11-3-1-2-10(8-11)9-12(13(19)20)18-4-6-21-7-5-18/h1-3,8,12H,4-7,9H2,(H,19,20)/t12-/m1/s1. The van der Waals surface area contributed by atoms with E-state index in [2.05, 4.69) is 0 Å². The van der Waals surface area contributed by atoms with E-state index in [9.17, 15) is 23.1 Å². The van der Waals surface area contributed by atoms with Crippen molar-refractivity contribution in [1.29, 1.82) is 0 Å². The van der Waals surface area contributed by atoms with Crippen molar-refractivity contribution in [3.05, 3.63) is 35.4 Å². The maximum atomic E-state index is 12.7. The fourth-order valence-corrected chi connectivity index (χ4v) is 2.36. The summed E-state index contributed by atoms with van der Waals surface area (Å²) in [6, 6.07) is 3.98. The Morgan fingerprint density at radius 1 is 1.33 bits per heavy atom. The summed E-state index contributed by atoms with van der Waals surface area (Å²) < 4.78 is 43.2. The molecule has 116 valence electrons. The summed E-state index contributed by atoms with van der Waals surface area (Å²) in [6.45, 7) is 1.81. The summed E-state index contributed by atoms with van der Waals surface area (Å²) >= 11 is 0. The number of morpholine rings is 1. The van der Waals surface area contributed by atoms with Crippen LogP contribution in [0.5, 0.6) is 0 Å². The Kier molecular flexibility index (Phi) is 4.84. The van der Waals surface area contributed by atoms with Gasteiger partial charge >= 0.3 is 12.1 Å². The van der Waals surface area contributed by atoms with Gasteiger partial charge in [0.2, 0.25) is 0 Å². The number of rotatable bonds is 4. The highest BCUT2D eigenvalue weighted by Gasteiger charge is 2.32. The average Bonchev–Trinajstić information content (AvgIpc) is 2.45. The maximum absolute atomic E-state index is 12.7. The Bertz CT molecular complexity index is 498. The van der Waals surface area contributed by atoms with Crippen LogP contribution in [0, 0.1) is 0 Å². The predicted molar refractivity (Wildman–Crippen MR) is 69.0 cm³/mol. The second kappa shape index (κ2) is 6.44. The molecule has 1 aliphatic rings. The lowest BCUT2D eigenvalue weighted by Gasteiger charge is -2.32. The summed E-state index contributed by atoms with van der Waals surface area (Å²) in [4.78, 5) is 13.1. The van der Waals surface area contributed by atoms with Crippen LogP contribution in [0.2, 0.25) is 0 Å². The predicted octanol–water partition coefficient (Wildman–Crippen LogP) is 2.03. The molecule has 21 heavy (non-hydrogen) atoms. The van der Waals surface area contributed by atoms with Gasteiger partial charge in [0.1, 0.15) is 6.04 Å². The van der Waals surface area contributed by atoms with E-state index in [1.54, 1.807) is 4.90 Å². The zero-order valence-corrected chi connectivity index (χ0v) is 11.3. The minimum atomic E-state index is -4.42. The molecule has 1 atom stereocenters. The molecule has 0 radical (unpaired) electrons. The van der Waals surface area contributed by atoms with Crippen molar-refractivity contribution in [2.24, 2.45) is 0 Å². The molecule has 4 nitrogen and oxygen atoms in total. The van der Waals surface area contributed by atoms with Crippen molar-refractivity contribution < 1.29 is 27.8 Å². The van der Waals surface area contributed by atoms with E-state index in [1.165, 1.54) is 12.1 Å². The molecule has 1 heterocycles. The topological polar surface area (TPSA) is 49.8 Å². The molecule has 1 saturated heterocycles. The molecular formula is C14H16F3NO3. The highest BCUT2D eigenvalue weighted by atomic mass is 19.4. The molecule has 0 unspecified atom stereocenters. The third kappa shape index (κ3) is 4.18. The van der Waals surface area contributed by atoms with E-state index in [0.29, 0.717) is 31.9 Å². The van der Waals surface area contributed by atoms with E-state index in [-0.39, 0.29) is 6.42 Å². The third-order valence-electron chi connectivity index (χ3n) is 3.45. The molecule has 0 aliphatic carbocycles. The van der Waals surface area contributed by atoms with Gasteiger partial charge in [0.05, 0.1) is 18.8 Å². The zero-order chi connectivity index (χ0) is 15.5. The summed E-state index contributed by atoms with van der Waals surface area (Å²) in [5, 5.41) is 9.31. The summed E-state index contributed by atoms with van der Waals surface area (Å²) in [5.74, 6) is -1.03. The monoisotopic (exact) mass is 303 g/mol. The molecule has 2 rings (SSSR count). The third-order valence-corrected chi connectivity index (χ3v) is 3.45. The van der Waals surface area contributed by atoms with E-state index in [0.717, 1.165) is 12.1 Å². The van der Waals surface area contributed by atoms with Crippen LogP contribution in [0.4, 0.5) is 13.2 Å². The van der Waals surface area contributed by atoms with Crippen molar-refractivity contribution in [3.63, 3.8) is 0 Å². The van der Waals surface area contributed by atoms with Crippen LogP contribution in [0.3, 0.4) is 0 Å². The van der Waals surface area contributed by atoms with Gasteiger partial charge < -0.3 is 9.84 Å². The van der Waals surface area contributed by atoms with Gasteiger partial charge in [0.15, 0.2) is 0 Å². The van der Waals surface area contributed by atoms with Crippen molar-refractivity contribution in [1.82, 2.24) is 4.90 Å². The van der Waals surface area contributed by atoms with Gasteiger partial charge in [-0.3, -0.25) is 9.69 Å². The average molecular weight is 303 g/mol. The number of halogens is 3. The van der Waals surface area contributed by atoms with Crippen LogP contribution >= 0.6 is 0 Å². The van der Waals surface area contributed by atoms with Gasteiger partial charge in [-0.1, -0.05) is 18.2 Å². The first-order valence-electron chi connectivity index (χ1n) is 6.58. The Morgan fingerprint density at radius 3 is 2.57 bits per heavy atom. The Morgan fingerprint density at radius 2 is 2.00 bits per heavy atom. The summed E-state index contributed by atoms with van der Waals surface area (Å²) in [5.41, 5.74) is -0.394. The normalized spacial score (nSPS) is 18.4. The number of ether oxygens (including phenoxy) is 1. The van der Waals surface area contributed by atoms with Crippen LogP contribution in [-0.4, -0.2) is 48.3 Å². The highest BCUT2D eigenvalue weighted by molar-refractivity contribution is 5.74. The lowest BCUT2D eigenvalue weighted by Crippen LogP contribution is -2.48. The quantitative estimate of drug-likeness (QED) is 0.925. The number of alkyl halides is 3. The largest absolute Gasteiger partial charge is 0.480 e. The van der Waals surface area contributed by atoms with Gasteiger partial charge in [-0.25, -0.2) is 0 Å². The number of carbonyl (C=O) groups is 1. The van der Waals surface area contributed by atoms with Crippen molar-refractivity contribution >= 4 is 5.97 Å². The highest BCUT2D eigenvalue weighted by Crippen LogP contribution is 2.30. The number of nitrogens with zero attached hydrogens (tertiary/aromatic N) is 1. The molecule has 0 spiro atoms. The lowest BCUT2D eigenvalue weighted by molar-refractivity contribution is -0.145.